The van der Waals surface area contributed by atoms with Gasteiger partial charge in [0.2, 0.25) is 0 Å². The van der Waals surface area contributed by atoms with E-state index in [0.717, 1.165) is 31.7 Å². The third-order valence-corrected chi connectivity index (χ3v) is 6.08. The van der Waals surface area contributed by atoms with E-state index in [1.165, 1.54) is 4.90 Å². The number of carbonyl (C=O) groups excluding carboxylic acids is 2. The number of hydrogen-bond donors (Lipinski definition) is 2. The molecular weight excluding hydrogens is 396 g/mol. The first-order valence-corrected chi connectivity index (χ1v) is 10.1. The Hall–Kier alpha value is -2.36. The van der Waals surface area contributed by atoms with Gasteiger partial charge in [-0.25, -0.2) is 9.79 Å². The van der Waals surface area contributed by atoms with Crippen LogP contribution in [0.2, 0.25) is 5.02 Å². The van der Waals surface area contributed by atoms with Gasteiger partial charge in [0.1, 0.15) is 0 Å². The molecule has 2 saturated heterocycles. The summed E-state index contributed by atoms with van der Waals surface area (Å²) in [6.07, 6.45) is -0.566. The maximum atomic E-state index is 12.7. The van der Waals surface area contributed by atoms with Crippen molar-refractivity contribution >= 4 is 29.5 Å². The Morgan fingerprint density at radius 2 is 1.93 bits per heavy atom. The summed E-state index contributed by atoms with van der Waals surface area (Å²) in [5, 5.41) is 12.2. The summed E-state index contributed by atoms with van der Waals surface area (Å²) >= 11 is 6.38. The quantitative estimate of drug-likeness (QED) is 0.712. The maximum Gasteiger partial charge on any atom is 0.325 e. The highest BCUT2D eigenvalue weighted by molar-refractivity contribution is 6.31. The highest BCUT2D eigenvalue weighted by Crippen LogP contribution is 2.29. The van der Waals surface area contributed by atoms with E-state index in [1.807, 2.05) is 29.2 Å². The number of urea groups is 1. The third kappa shape index (κ3) is 3.77. The number of piperazine rings is 1. The smallest absolute Gasteiger partial charge is 0.325 e. The van der Waals surface area contributed by atoms with Crippen molar-refractivity contribution in [2.45, 2.75) is 18.8 Å². The van der Waals surface area contributed by atoms with Gasteiger partial charge in [-0.05, 0) is 11.6 Å². The Labute approximate surface area is 174 Å². The van der Waals surface area contributed by atoms with Crippen LogP contribution in [0, 0.1) is 0 Å². The largest absolute Gasteiger partial charge is 0.395 e. The van der Waals surface area contributed by atoms with Gasteiger partial charge in [-0.2, -0.15) is 0 Å². The molecule has 0 saturated carbocycles. The van der Waals surface area contributed by atoms with E-state index in [4.69, 9.17) is 21.7 Å². The van der Waals surface area contributed by atoms with Crippen LogP contribution >= 0.6 is 11.6 Å². The van der Waals surface area contributed by atoms with Crippen molar-refractivity contribution < 1.29 is 14.7 Å². The number of rotatable bonds is 4. The van der Waals surface area contributed by atoms with Gasteiger partial charge < -0.3 is 19.8 Å². The number of hydrogen-bond acceptors (Lipinski definition) is 7. The standard InChI is InChI=1S/C19H25ClN6O3/c1-23-16-15(17(28)22-19(23)29)26(12-13-4-2-3-5-14(13)20)18(21-16)25-8-6-24(7-9-25)10-11-27/h2-5,15-16,27H,6-12H2,1H3,(H,22,28,29). The van der Waals surface area contributed by atoms with E-state index in [9.17, 15) is 9.59 Å². The second-order valence-electron chi connectivity index (χ2n) is 7.46. The molecule has 10 heteroatoms. The lowest BCUT2D eigenvalue weighted by molar-refractivity contribution is -0.127. The van der Waals surface area contributed by atoms with Gasteiger partial charge in [-0.1, -0.05) is 29.8 Å². The molecule has 9 nitrogen and oxygen atoms in total. The lowest BCUT2D eigenvalue weighted by Crippen LogP contribution is -2.64. The zero-order chi connectivity index (χ0) is 20.5. The van der Waals surface area contributed by atoms with Gasteiger partial charge in [0.05, 0.1) is 6.61 Å². The van der Waals surface area contributed by atoms with E-state index < -0.39 is 18.2 Å². The molecule has 2 atom stereocenters. The van der Waals surface area contributed by atoms with Crippen LogP contribution in [0.1, 0.15) is 5.56 Å². The molecule has 3 aliphatic rings. The molecule has 2 N–H and O–H groups in total. The lowest BCUT2D eigenvalue weighted by Gasteiger charge is -2.40. The summed E-state index contributed by atoms with van der Waals surface area (Å²) in [5.41, 5.74) is 0.897. The second-order valence-corrected chi connectivity index (χ2v) is 7.87. The van der Waals surface area contributed by atoms with Crippen LogP contribution in [0.25, 0.3) is 0 Å². The maximum absolute atomic E-state index is 12.7. The normalized spacial score (nSPS) is 25.2. The average Bonchev–Trinajstić information content (AvgIpc) is 3.09. The van der Waals surface area contributed by atoms with Crippen LogP contribution < -0.4 is 5.32 Å². The van der Waals surface area contributed by atoms with Crippen LogP contribution in [0.15, 0.2) is 29.3 Å². The van der Waals surface area contributed by atoms with Crippen molar-refractivity contribution in [2.24, 2.45) is 4.99 Å². The number of likely N-dealkylation sites (N-methyl/N-ethyl adjacent to an activating group) is 1. The Balaban J connectivity index is 1.62. The van der Waals surface area contributed by atoms with Crippen LogP contribution in [-0.4, -0.2) is 101 Å². The molecule has 0 aromatic heterocycles. The molecule has 0 aliphatic carbocycles. The summed E-state index contributed by atoms with van der Waals surface area (Å²) in [6.45, 7) is 4.27. The van der Waals surface area contributed by atoms with E-state index in [-0.39, 0.29) is 12.5 Å². The third-order valence-electron chi connectivity index (χ3n) is 5.71. The van der Waals surface area contributed by atoms with Gasteiger partial charge in [0, 0.05) is 51.3 Å². The molecule has 0 bridgehead atoms. The Bertz CT molecular complexity index is 826. The predicted octanol–water partition coefficient (Wildman–Crippen LogP) is -0.00220. The second kappa shape index (κ2) is 8.17. The fraction of sp³-hybridized carbons (Fsp3) is 0.526. The number of aliphatic hydroxyl groups is 1. The molecule has 2 fully saturated rings. The number of halogens is 1. The fourth-order valence-corrected chi connectivity index (χ4v) is 4.26. The van der Waals surface area contributed by atoms with Gasteiger partial charge in [-0.3, -0.25) is 15.0 Å². The first-order valence-electron chi connectivity index (χ1n) is 9.73. The first kappa shape index (κ1) is 19.9. The number of fused-ring (bicyclic) bond motifs is 1. The number of β-amino-alcohol motifs (C(OH)–C–C–N with tert-alkyl or cyclic N) is 1. The summed E-state index contributed by atoms with van der Waals surface area (Å²) in [5.74, 6) is 0.364. The van der Waals surface area contributed by atoms with Gasteiger partial charge in [0.25, 0.3) is 5.91 Å². The lowest BCUT2D eigenvalue weighted by atomic mass is 10.1. The van der Waals surface area contributed by atoms with E-state index in [2.05, 4.69) is 15.1 Å². The van der Waals surface area contributed by atoms with Gasteiger partial charge in [0.15, 0.2) is 18.2 Å². The molecule has 3 amide bonds. The highest BCUT2D eigenvalue weighted by Gasteiger charge is 2.49. The van der Waals surface area contributed by atoms with E-state index in [1.54, 1.807) is 7.05 Å². The summed E-state index contributed by atoms with van der Waals surface area (Å²) in [6, 6.07) is 6.50. The topological polar surface area (TPSA) is 91.7 Å². The number of carbonyl (C=O) groups is 2. The van der Waals surface area contributed by atoms with Gasteiger partial charge >= 0.3 is 6.03 Å². The molecular formula is C19H25ClN6O3. The average molecular weight is 421 g/mol. The van der Waals surface area contributed by atoms with Crippen molar-refractivity contribution in [3.63, 3.8) is 0 Å². The van der Waals surface area contributed by atoms with Crippen molar-refractivity contribution in [3.05, 3.63) is 34.9 Å². The SMILES string of the molecule is CN1C(=O)NC(=O)C2C1N=C(N1CCN(CCO)CC1)N2Cc1ccccc1Cl. The number of aliphatic imine (C=N–C) groups is 1. The molecule has 0 spiro atoms. The number of imide groups is 1. The van der Waals surface area contributed by atoms with Crippen molar-refractivity contribution in [1.29, 1.82) is 0 Å². The molecule has 29 heavy (non-hydrogen) atoms. The van der Waals surface area contributed by atoms with Crippen molar-refractivity contribution in [3.8, 4) is 0 Å². The zero-order valence-corrected chi connectivity index (χ0v) is 17.0. The number of aliphatic hydroxyl groups excluding tert-OH is 1. The minimum Gasteiger partial charge on any atom is -0.395 e. The number of benzene rings is 1. The fourth-order valence-electron chi connectivity index (χ4n) is 4.07. The highest BCUT2D eigenvalue weighted by atomic mass is 35.5. The van der Waals surface area contributed by atoms with E-state index in [0.29, 0.717) is 24.1 Å². The number of nitrogens with zero attached hydrogens (tertiary/aromatic N) is 5. The number of nitrogens with one attached hydrogen (secondary N) is 1. The molecule has 3 heterocycles. The first-order chi connectivity index (χ1) is 14.0. The monoisotopic (exact) mass is 420 g/mol. The Kier molecular flexibility index (Phi) is 5.62. The Morgan fingerprint density at radius 1 is 1.21 bits per heavy atom. The van der Waals surface area contributed by atoms with Crippen LogP contribution in [0.4, 0.5) is 4.79 Å². The summed E-state index contributed by atoms with van der Waals surface area (Å²) < 4.78 is 0. The van der Waals surface area contributed by atoms with E-state index >= 15 is 0 Å². The molecule has 2 unspecified atom stereocenters. The van der Waals surface area contributed by atoms with Crippen LogP contribution in [0.5, 0.6) is 0 Å². The minimum absolute atomic E-state index is 0.136. The molecule has 156 valence electrons. The van der Waals surface area contributed by atoms with Gasteiger partial charge in [-0.15, -0.1) is 0 Å². The zero-order valence-electron chi connectivity index (χ0n) is 16.3. The summed E-state index contributed by atoms with van der Waals surface area (Å²) in [4.78, 5) is 37.4. The summed E-state index contributed by atoms with van der Waals surface area (Å²) in [7, 11) is 1.65. The molecule has 0 radical (unpaired) electrons. The molecule has 4 rings (SSSR count). The van der Waals surface area contributed by atoms with Crippen LogP contribution in [0.3, 0.4) is 0 Å². The predicted molar refractivity (Wildman–Crippen MR) is 108 cm³/mol. The Morgan fingerprint density at radius 3 is 2.62 bits per heavy atom. The van der Waals surface area contributed by atoms with Crippen LogP contribution in [-0.2, 0) is 11.3 Å². The molecule has 3 aliphatic heterocycles. The minimum atomic E-state index is -0.598. The van der Waals surface area contributed by atoms with Crippen molar-refractivity contribution in [2.75, 3.05) is 46.4 Å². The number of amides is 3. The molecule has 1 aromatic carbocycles. The number of guanidine groups is 1. The van der Waals surface area contributed by atoms with Crippen molar-refractivity contribution in [1.82, 2.24) is 24.9 Å². The molecule has 1 aromatic rings.